The van der Waals surface area contributed by atoms with Gasteiger partial charge in [0.1, 0.15) is 0 Å². The van der Waals surface area contributed by atoms with Gasteiger partial charge < -0.3 is 0 Å². The van der Waals surface area contributed by atoms with Crippen molar-refractivity contribution in [3.05, 3.63) is 27.5 Å². The van der Waals surface area contributed by atoms with Crippen molar-refractivity contribution >= 4 is 50.0 Å². The fourth-order valence-corrected chi connectivity index (χ4v) is 3.51. The van der Waals surface area contributed by atoms with Crippen molar-refractivity contribution in [3.63, 3.8) is 0 Å². The molecule has 1 aromatic heterocycles. The fourth-order valence-electron chi connectivity index (χ4n) is 1.31. The van der Waals surface area contributed by atoms with Gasteiger partial charge in [-0.3, -0.25) is 0 Å². The molecular weight excluding hydrogens is 252 g/mol. The largest absolute Gasteiger partial charge is 0.143 e. The van der Waals surface area contributed by atoms with Crippen LogP contribution < -0.4 is 0 Å². The lowest BCUT2D eigenvalue weighted by atomic mass is 10.1. The first-order valence-corrected chi connectivity index (χ1v) is 5.67. The third kappa shape index (κ3) is 1.30. The molecule has 0 saturated carbocycles. The molecule has 2 rings (SSSR count). The van der Waals surface area contributed by atoms with Gasteiger partial charge in [-0.1, -0.05) is 15.9 Å². The average Bonchev–Trinajstić information content (AvgIpc) is 2.31. The highest BCUT2D eigenvalue weighted by molar-refractivity contribution is 9.10. The van der Waals surface area contributed by atoms with E-state index in [2.05, 4.69) is 53.0 Å². The minimum atomic E-state index is 1.08. The SMILES string of the molecule is Cc1cc(Br)cc2scc(S)c12. The van der Waals surface area contributed by atoms with Crippen LogP contribution in [0.4, 0.5) is 0 Å². The number of rotatable bonds is 0. The Morgan fingerprint density at radius 2 is 2.17 bits per heavy atom. The van der Waals surface area contributed by atoms with E-state index in [4.69, 9.17) is 0 Å². The van der Waals surface area contributed by atoms with Crippen LogP contribution >= 0.6 is 39.9 Å². The zero-order valence-electron chi connectivity index (χ0n) is 6.47. The summed E-state index contributed by atoms with van der Waals surface area (Å²) in [5.41, 5.74) is 1.28. The second-order valence-corrected chi connectivity index (χ2v) is 5.03. The first-order valence-electron chi connectivity index (χ1n) is 3.55. The van der Waals surface area contributed by atoms with Crippen molar-refractivity contribution in [3.8, 4) is 0 Å². The third-order valence-electron chi connectivity index (χ3n) is 1.82. The Bertz CT molecular complexity index is 431. The molecule has 0 spiro atoms. The van der Waals surface area contributed by atoms with Crippen LogP contribution in [0.2, 0.25) is 0 Å². The van der Waals surface area contributed by atoms with E-state index in [1.807, 2.05) is 0 Å². The van der Waals surface area contributed by atoms with Crippen molar-refractivity contribution in [2.45, 2.75) is 11.8 Å². The zero-order chi connectivity index (χ0) is 8.72. The molecule has 1 aromatic carbocycles. The van der Waals surface area contributed by atoms with E-state index < -0.39 is 0 Å². The molecule has 1 heterocycles. The summed E-state index contributed by atoms with van der Waals surface area (Å²) < 4.78 is 2.44. The second-order valence-electron chi connectivity index (χ2n) is 2.72. The van der Waals surface area contributed by atoms with E-state index in [0.29, 0.717) is 0 Å². The minimum absolute atomic E-state index is 1.08. The van der Waals surface area contributed by atoms with Gasteiger partial charge in [-0.2, -0.15) is 0 Å². The van der Waals surface area contributed by atoms with Crippen LogP contribution in [0.15, 0.2) is 26.9 Å². The Labute approximate surface area is 89.1 Å². The maximum atomic E-state index is 4.40. The summed E-state index contributed by atoms with van der Waals surface area (Å²) in [7, 11) is 0. The number of fused-ring (bicyclic) bond motifs is 1. The van der Waals surface area contributed by atoms with Crippen molar-refractivity contribution in [2.24, 2.45) is 0 Å². The molecule has 0 aliphatic rings. The summed E-state index contributed by atoms with van der Waals surface area (Å²) in [5.74, 6) is 0. The summed E-state index contributed by atoms with van der Waals surface area (Å²) in [6.07, 6.45) is 0. The standard InChI is InChI=1S/C9H7BrS2/c1-5-2-6(10)3-8-9(5)7(11)4-12-8/h2-4,11H,1H3. The molecule has 0 aliphatic carbocycles. The number of hydrogen-bond donors (Lipinski definition) is 1. The predicted molar refractivity (Wildman–Crippen MR) is 61.5 cm³/mol. The van der Waals surface area contributed by atoms with Gasteiger partial charge in [0.05, 0.1) is 0 Å². The van der Waals surface area contributed by atoms with Crippen molar-refractivity contribution in [1.82, 2.24) is 0 Å². The summed E-state index contributed by atoms with van der Waals surface area (Å²) in [6, 6.07) is 4.25. The zero-order valence-corrected chi connectivity index (χ0v) is 9.76. The highest BCUT2D eigenvalue weighted by Crippen LogP contribution is 2.33. The molecule has 3 heteroatoms. The molecule has 12 heavy (non-hydrogen) atoms. The molecule has 0 nitrogen and oxygen atoms in total. The monoisotopic (exact) mass is 258 g/mol. The molecule has 0 fully saturated rings. The molecule has 2 aromatic rings. The Kier molecular flexibility index (Phi) is 2.19. The topological polar surface area (TPSA) is 0 Å². The maximum Gasteiger partial charge on any atom is 0.0368 e. The first-order chi connectivity index (χ1) is 5.68. The number of benzene rings is 1. The quantitative estimate of drug-likeness (QED) is 0.671. The third-order valence-corrected chi connectivity index (χ3v) is 3.73. The van der Waals surface area contributed by atoms with Gasteiger partial charge in [0.25, 0.3) is 0 Å². The Morgan fingerprint density at radius 3 is 2.92 bits per heavy atom. The lowest BCUT2D eigenvalue weighted by Gasteiger charge is -1.98. The number of thiophene rings is 1. The van der Waals surface area contributed by atoms with Crippen LogP contribution in [0.1, 0.15) is 5.56 Å². The molecular formula is C9H7BrS2. The first kappa shape index (κ1) is 8.60. The van der Waals surface area contributed by atoms with Gasteiger partial charge in [-0.25, -0.2) is 0 Å². The Morgan fingerprint density at radius 1 is 1.42 bits per heavy atom. The van der Waals surface area contributed by atoms with Crippen LogP contribution in [-0.2, 0) is 0 Å². The Balaban J connectivity index is 2.93. The van der Waals surface area contributed by atoms with Gasteiger partial charge >= 0.3 is 0 Å². The number of aryl methyl sites for hydroxylation is 1. The molecule has 0 radical (unpaired) electrons. The van der Waals surface area contributed by atoms with E-state index in [1.54, 1.807) is 11.3 Å². The van der Waals surface area contributed by atoms with Gasteiger partial charge in [0, 0.05) is 24.8 Å². The lowest BCUT2D eigenvalue weighted by molar-refractivity contribution is 1.49. The Hall–Kier alpha value is 0.01000. The highest BCUT2D eigenvalue weighted by atomic mass is 79.9. The fraction of sp³-hybridized carbons (Fsp3) is 0.111. The molecule has 0 N–H and O–H groups in total. The molecule has 0 atom stereocenters. The van der Waals surface area contributed by atoms with Crippen LogP contribution in [0, 0.1) is 6.92 Å². The summed E-state index contributed by atoms with van der Waals surface area (Å²) >= 11 is 9.61. The molecule has 0 bridgehead atoms. The van der Waals surface area contributed by atoms with E-state index in [9.17, 15) is 0 Å². The molecule has 0 unspecified atom stereocenters. The summed E-state index contributed by atoms with van der Waals surface area (Å²) in [6.45, 7) is 2.11. The van der Waals surface area contributed by atoms with Crippen LogP contribution in [-0.4, -0.2) is 0 Å². The molecule has 62 valence electrons. The smallest absolute Gasteiger partial charge is 0.0368 e. The number of halogens is 1. The highest BCUT2D eigenvalue weighted by Gasteiger charge is 2.04. The molecule has 0 amide bonds. The normalized spacial score (nSPS) is 10.9. The predicted octanol–water partition coefficient (Wildman–Crippen LogP) is 4.26. The molecule has 0 aliphatic heterocycles. The minimum Gasteiger partial charge on any atom is -0.143 e. The van der Waals surface area contributed by atoms with E-state index in [1.165, 1.54) is 15.6 Å². The summed E-state index contributed by atoms with van der Waals surface area (Å²) in [4.78, 5) is 1.08. The second kappa shape index (κ2) is 3.05. The maximum absolute atomic E-state index is 4.40. The van der Waals surface area contributed by atoms with Gasteiger partial charge in [-0.05, 0) is 24.6 Å². The van der Waals surface area contributed by atoms with Crippen molar-refractivity contribution < 1.29 is 0 Å². The average molecular weight is 259 g/mol. The van der Waals surface area contributed by atoms with Crippen LogP contribution in [0.5, 0.6) is 0 Å². The number of thiol groups is 1. The van der Waals surface area contributed by atoms with Crippen molar-refractivity contribution in [1.29, 1.82) is 0 Å². The van der Waals surface area contributed by atoms with Crippen molar-refractivity contribution in [2.75, 3.05) is 0 Å². The van der Waals surface area contributed by atoms with E-state index in [-0.39, 0.29) is 0 Å². The number of hydrogen-bond acceptors (Lipinski definition) is 2. The lowest BCUT2D eigenvalue weighted by Crippen LogP contribution is -1.74. The molecule has 0 saturated heterocycles. The van der Waals surface area contributed by atoms with Gasteiger partial charge in [0.15, 0.2) is 0 Å². The van der Waals surface area contributed by atoms with Gasteiger partial charge in [-0.15, -0.1) is 24.0 Å². The van der Waals surface area contributed by atoms with Gasteiger partial charge in [0.2, 0.25) is 0 Å². The van der Waals surface area contributed by atoms with Crippen LogP contribution in [0.25, 0.3) is 10.1 Å². The van der Waals surface area contributed by atoms with E-state index in [0.717, 1.165) is 9.37 Å². The summed E-state index contributed by atoms with van der Waals surface area (Å²) in [5, 5.41) is 3.36. The van der Waals surface area contributed by atoms with E-state index >= 15 is 0 Å². The van der Waals surface area contributed by atoms with Crippen LogP contribution in [0.3, 0.4) is 0 Å².